The lowest BCUT2D eigenvalue weighted by Crippen LogP contribution is -2.22. The molecular weight excluding hydrogens is 288 g/mol. The molecule has 0 aliphatic carbocycles. The van der Waals surface area contributed by atoms with Gasteiger partial charge in [-0.3, -0.25) is 0 Å². The molecule has 0 nitrogen and oxygen atoms in total. The highest BCUT2D eigenvalue weighted by molar-refractivity contribution is 5.34. The van der Waals surface area contributed by atoms with Crippen molar-refractivity contribution in [3.05, 3.63) is 5.92 Å². The van der Waals surface area contributed by atoms with E-state index in [0.717, 1.165) is 25.2 Å². The average molecular weight is 322 g/mol. The molecular formula is C24H33. The predicted molar refractivity (Wildman–Crippen MR) is 106 cm³/mol. The molecule has 0 heterocycles. The number of hydrogen-bond acceptors (Lipinski definition) is 0. The summed E-state index contributed by atoms with van der Waals surface area (Å²) in [4.78, 5) is 0. The lowest BCUT2D eigenvalue weighted by molar-refractivity contribution is 0.412. The first-order valence-corrected chi connectivity index (χ1v) is 8.94. The molecule has 0 amide bonds. The maximum atomic E-state index is 5.52. The fourth-order valence-corrected chi connectivity index (χ4v) is 2.01. The second-order valence-corrected chi connectivity index (χ2v) is 7.48. The van der Waals surface area contributed by atoms with Gasteiger partial charge in [-0.05, 0) is 32.6 Å². The van der Waals surface area contributed by atoms with Crippen LogP contribution in [0.1, 0.15) is 67.7 Å². The van der Waals surface area contributed by atoms with Crippen LogP contribution in [-0.4, -0.2) is 0 Å². The minimum atomic E-state index is -0.216. The zero-order valence-electron chi connectivity index (χ0n) is 16.6. The maximum absolute atomic E-state index is 5.52. The van der Waals surface area contributed by atoms with Gasteiger partial charge in [0, 0.05) is 29.6 Å². The van der Waals surface area contributed by atoms with Crippen molar-refractivity contribution in [2.45, 2.75) is 67.7 Å². The highest BCUT2D eigenvalue weighted by Gasteiger charge is 2.29. The molecule has 0 aromatic carbocycles. The van der Waals surface area contributed by atoms with E-state index < -0.39 is 0 Å². The fourth-order valence-electron chi connectivity index (χ4n) is 2.01. The fraction of sp³-hybridized carbons (Fsp3) is 0.625. The van der Waals surface area contributed by atoms with Crippen molar-refractivity contribution in [3.63, 3.8) is 0 Å². The van der Waals surface area contributed by atoms with Gasteiger partial charge < -0.3 is 0 Å². The van der Waals surface area contributed by atoms with Gasteiger partial charge in [-0.2, -0.15) is 0 Å². The SMILES string of the molecule is C#CC(C)CCC(C)(C#CCC(C)C)[C](C)C#CC(C)C(C)C#C. The van der Waals surface area contributed by atoms with Gasteiger partial charge in [0.25, 0.3) is 0 Å². The maximum Gasteiger partial charge on any atom is 0.0626 e. The first-order valence-electron chi connectivity index (χ1n) is 8.94. The molecule has 4 atom stereocenters. The summed E-state index contributed by atoms with van der Waals surface area (Å²) in [6.07, 6.45) is 13.8. The van der Waals surface area contributed by atoms with Crippen LogP contribution in [0.25, 0.3) is 0 Å². The first-order chi connectivity index (χ1) is 11.2. The van der Waals surface area contributed by atoms with Crippen molar-refractivity contribution < 1.29 is 0 Å². The van der Waals surface area contributed by atoms with E-state index in [2.05, 4.69) is 77.1 Å². The average Bonchev–Trinajstić information content (AvgIpc) is 2.55. The van der Waals surface area contributed by atoms with E-state index in [1.165, 1.54) is 0 Å². The van der Waals surface area contributed by atoms with Crippen molar-refractivity contribution in [2.75, 3.05) is 0 Å². The van der Waals surface area contributed by atoms with Crippen molar-refractivity contribution in [1.82, 2.24) is 0 Å². The molecule has 24 heavy (non-hydrogen) atoms. The van der Waals surface area contributed by atoms with E-state index in [4.69, 9.17) is 12.8 Å². The summed E-state index contributed by atoms with van der Waals surface area (Å²) in [6, 6.07) is 0. The summed E-state index contributed by atoms with van der Waals surface area (Å²) in [7, 11) is 0. The van der Waals surface area contributed by atoms with Gasteiger partial charge in [-0.25, -0.2) is 0 Å². The van der Waals surface area contributed by atoms with E-state index in [1.54, 1.807) is 0 Å². The minimum Gasteiger partial charge on any atom is -0.120 e. The van der Waals surface area contributed by atoms with Gasteiger partial charge in [-0.1, -0.05) is 52.4 Å². The van der Waals surface area contributed by atoms with E-state index in [9.17, 15) is 0 Å². The van der Waals surface area contributed by atoms with E-state index >= 15 is 0 Å². The molecule has 129 valence electrons. The van der Waals surface area contributed by atoms with Crippen LogP contribution in [0.4, 0.5) is 0 Å². The third kappa shape index (κ3) is 8.19. The van der Waals surface area contributed by atoms with Crippen LogP contribution in [0.15, 0.2) is 0 Å². The highest BCUT2D eigenvalue weighted by Crippen LogP contribution is 2.35. The quantitative estimate of drug-likeness (QED) is 0.559. The van der Waals surface area contributed by atoms with Crippen LogP contribution in [0.5, 0.6) is 0 Å². The van der Waals surface area contributed by atoms with Crippen LogP contribution in [0.2, 0.25) is 0 Å². The Labute approximate surface area is 151 Å². The molecule has 0 saturated carbocycles. The smallest absolute Gasteiger partial charge is 0.0626 e. The third-order valence-corrected chi connectivity index (χ3v) is 4.56. The van der Waals surface area contributed by atoms with Gasteiger partial charge in [-0.15, -0.1) is 30.6 Å². The lowest BCUT2D eigenvalue weighted by Gasteiger charge is -2.27. The molecule has 1 radical (unpaired) electrons. The molecule has 4 unspecified atom stereocenters. The summed E-state index contributed by atoms with van der Waals surface area (Å²) in [5.41, 5.74) is -0.216. The van der Waals surface area contributed by atoms with Gasteiger partial charge in [0.05, 0.1) is 5.92 Å². The molecule has 0 aliphatic heterocycles. The highest BCUT2D eigenvalue weighted by atomic mass is 14.3. The van der Waals surface area contributed by atoms with E-state index in [-0.39, 0.29) is 23.2 Å². The van der Waals surface area contributed by atoms with Crippen LogP contribution >= 0.6 is 0 Å². The van der Waals surface area contributed by atoms with Crippen LogP contribution in [0, 0.1) is 83.4 Å². The Balaban J connectivity index is 5.29. The molecule has 0 aromatic rings. The topological polar surface area (TPSA) is 0 Å². The first kappa shape index (κ1) is 22.2. The molecule has 0 N–H and O–H groups in total. The standard InChI is InChI=1S/C24H33/c1-10-20(5)16-18-24(9,17-12-13-19(3)4)23(8)15-14-22(7)21(6)11-2/h1-2,19-22H,13,16,18H2,3-9H3. The number of rotatable bonds is 6. The van der Waals surface area contributed by atoms with Crippen molar-refractivity contribution in [3.8, 4) is 48.4 Å². The largest absolute Gasteiger partial charge is 0.120 e. The van der Waals surface area contributed by atoms with E-state index in [1.807, 2.05) is 6.92 Å². The summed E-state index contributed by atoms with van der Waals surface area (Å²) >= 11 is 0. The zero-order valence-corrected chi connectivity index (χ0v) is 16.6. The monoisotopic (exact) mass is 321 g/mol. The molecule has 0 fully saturated rings. The lowest BCUT2D eigenvalue weighted by atomic mass is 9.74. The summed E-state index contributed by atoms with van der Waals surface area (Å²) < 4.78 is 0. The second-order valence-electron chi connectivity index (χ2n) is 7.48. The van der Waals surface area contributed by atoms with Gasteiger partial charge in [0.1, 0.15) is 0 Å². The Morgan fingerprint density at radius 2 is 1.62 bits per heavy atom. The van der Waals surface area contributed by atoms with Gasteiger partial charge in [0.15, 0.2) is 0 Å². The number of terminal acetylenes is 2. The van der Waals surface area contributed by atoms with Crippen LogP contribution in [0.3, 0.4) is 0 Å². The van der Waals surface area contributed by atoms with Crippen molar-refractivity contribution in [2.24, 2.45) is 29.1 Å². The molecule has 0 spiro atoms. The Morgan fingerprint density at radius 1 is 1.00 bits per heavy atom. The molecule has 0 aliphatic rings. The molecule has 0 saturated heterocycles. The second kappa shape index (κ2) is 10.9. The molecule has 0 heteroatoms. The summed E-state index contributed by atoms with van der Waals surface area (Å²) in [5, 5.41) is 0. The predicted octanol–water partition coefficient (Wildman–Crippen LogP) is 5.59. The van der Waals surface area contributed by atoms with Crippen LogP contribution < -0.4 is 0 Å². The van der Waals surface area contributed by atoms with Crippen molar-refractivity contribution >= 4 is 0 Å². The Hall–Kier alpha value is -1.76. The number of hydrogen-bond donors (Lipinski definition) is 0. The third-order valence-electron chi connectivity index (χ3n) is 4.56. The summed E-state index contributed by atoms with van der Waals surface area (Å²) in [6.45, 7) is 14.8. The Morgan fingerprint density at radius 3 is 2.12 bits per heavy atom. The zero-order chi connectivity index (χ0) is 18.8. The molecule has 0 aromatic heterocycles. The Bertz CT molecular complexity index is 572. The molecule has 0 bridgehead atoms. The van der Waals surface area contributed by atoms with E-state index in [0.29, 0.717) is 5.92 Å². The van der Waals surface area contributed by atoms with Gasteiger partial charge >= 0.3 is 0 Å². The van der Waals surface area contributed by atoms with Crippen LogP contribution in [-0.2, 0) is 0 Å². The van der Waals surface area contributed by atoms with Gasteiger partial charge in [0.2, 0.25) is 0 Å². The molecule has 0 rings (SSSR count). The summed E-state index contributed by atoms with van der Waals surface area (Å²) in [5.74, 6) is 21.3. The minimum absolute atomic E-state index is 0.157. The van der Waals surface area contributed by atoms with Crippen molar-refractivity contribution in [1.29, 1.82) is 0 Å². The normalized spacial score (nSPS) is 16.5. The Kier molecular flexibility index (Phi) is 10.1.